The number of rotatable bonds is 1. The Morgan fingerprint density at radius 1 is 1.55 bits per heavy atom. The molecule has 0 atom stereocenters. The van der Waals surface area contributed by atoms with E-state index in [1.54, 1.807) is 0 Å². The molecule has 2 heteroatoms. The number of likely N-dealkylation sites (N-methyl/N-ethyl adjacent to an activating group) is 1. The van der Waals surface area contributed by atoms with Crippen LogP contribution in [0, 0.1) is 0 Å². The lowest BCUT2D eigenvalue weighted by Crippen LogP contribution is -2.27. The lowest BCUT2D eigenvalue weighted by atomic mass is 10.0. The maximum Gasteiger partial charge on any atom is 0.0277 e. The molecule has 2 nitrogen and oxygen atoms in total. The third-order valence-corrected chi connectivity index (χ3v) is 2.14. The Balaban J connectivity index is 2.71. The van der Waals surface area contributed by atoms with Gasteiger partial charge in [0.2, 0.25) is 0 Å². The summed E-state index contributed by atoms with van der Waals surface area (Å²) in [6.45, 7) is 4.44. The van der Waals surface area contributed by atoms with E-state index in [4.69, 9.17) is 0 Å². The molecule has 0 N–H and O–H groups in total. The van der Waals surface area contributed by atoms with Gasteiger partial charge in [0.25, 0.3) is 0 Å². The quantitative estimate of drug-likeness (QED) is 0.518. The van der Waals surface area contributed by atoms with Gasteiger partial charge in [-0.25, -0.2) is 0 Å². The van der Waals surface area contributed by atoms with Crippen molar-refractivity contribution in [1.29, 1.82) is 0 Å². The minimum atomic E-state index is 1.06. The molecule has 0 aromatic heterocycles. The second kappa shape index (κ2) is 3.67. The monoisotopic (exact) mass is 152 g/mol. The van der Waals surface area contributed by atoms with Crippen LogP contribution in [0.2, 0.25) is 0 Å². The lowest BCUT2D eigenvalue weighted by Gasteiger charge is -2.24. The highest BCUT2D eigenvalue weighted by Gasteiger charge is 2.10. The Hall–Kier alpha value is -0.630. The largest absolute Gasteiger partial charge is 0.302 e. The van der Waals surface area contributed by atoms with Crippen LogP contribution in [0.4, 0.5) is 0 Å². The van der Waals surface area contributed by atoms with E-state index in [-0.39, 0.29) is 0 Å². The Labute approximate surface area is 68.6 Å². The summed E-state index contributed by atoms with van der Waals surface area (Å²) in [6.07, 6.45) is 3.17. The maximum absolute atomic E-state index is 4.03. The normalized spacial score (nSPS) is 21.7. The van der Waals surface area contributed by atoms with Crippen molar-refractivity contribution < 1.29 is 0 Å². The number of hydrogen-bond donors (Lipinski definition) is 0. The smallest absolute Gasteiger partial charge is 0.0277 e. The molecule has 0 bridgehead atoms. The van der Waals surface area contributed by atoms with Gasteiger partial charge in [-0.15, -0.1) is 0 Å². The lowest BCUT2D eigenvalue weighted by molar-refractivity contribution is 0.354. The number of nitrogens with zero attached hydrogens (tertiary/aromatic N) is 2. The van der Waals surface area contributed by atoms with E-state index in [0.29, 0.717) is 0 Å². The molecular formula is C9H16N2. The van der Waals surface area contributed by atoms with Gasteiger partial charge in [0.1, 0.15) is 0 Å². The zero-order valence-corrected chi connectivity index (χ0v) is 7.59. The molecule has 11 heavy (non-hydrogen) atoms. The predicted octanol–water partition coefficient (Wildman–Crippen LogP) is 1.34. The fraction of sp³-hybridized carbons (Fsp3) is 0.667. The standard InChI is InChI=1S/C9H16N2/c1-8-4-5-11(3)7-9(8)6-10-2/h6H,4-5,7H2,1-3H3/b10-6-. The molecule has 0 radical (unpaired) electrons. The Morgan fingerprint density at radius 3 is 2.91 bits per heavy atom. The zero-order chi connectivity index (χ0) is 8.27. The van der Waals surface area contributed by atoms with Crippen molar-refractivity contribution in [3.05, 3.63) is 11.1 Å². The Bertz CT molecular complexity index is 192. The van der Waals surface area contributed by atoms with Crippen molar-refractivity contribution in [3.8, 4) is 0 Å². The molecule has 1 aliphatic rings. The highest BCUT2D eigenvalue weighted by atomic mass is 15.1. The van der Waals surface area contributed by atoms with E-state index in [9.17, 15) is 0 Å². The first-order chi connectivity index (χ1) is 5.24. The highest BCUT2D eigenvalue weighted by molar-refractivity contribution is 5.80. The van der Waals surface area contributed by atoms with Crippen LogP contribution in [-0.2, 0) is 0 Å². The summed E-state index contributed by atoms with van der Waals surface area (Å²) in [6, 6.07) is 0. The first-order valence-electron chi connectivity index (χ1n) is 4.03. The van der Waals surface area contributed by atoms with E-state index in [1.165, 1.54) is 24.1 Å². The average Bonchev–Trinajstić information content (AvgIpc) is 1.98. The van der Waals surface area contributed by atoms with Crippen molar-refractivity contribution in [1.82, 2.24) is 4.90 Å². The first-order valence-corrected chi connectivity index (χ1v) is 4.03. The molecule has 0 aromatic carbocycles. The third-order valence-electron chi connectivity index (χ3n) is 2.14. The van der Waals surface area contributed by atoms with Crippen molar-refractivity contribution in [2.75, 3.05) is 27.2 Å². The van der Waals surface area contributed by atoms with Crippen molar-refractivity contribution in [3.63, 3.8) is 0 Å². The van der Waals surface area contributed by atoms with E-state index in [1.807, 2.05) is 13.3 Å². The highest BCUT2D eigenvalue weighted by Crippen LogP contribution is 2.14. The molecule has 0 spiro atoms. The molecule has 0 amide bonds. The predicted molar refractivity (Wildman–Crippen MR) is 49.2 cm³/mol. The van der Waals surface area contributed by atoms with Crippen molar-refractivity contribution in [2.45, 2.75) is 13.3 Å². The minimum Gasteiger partial charge on any atom is -0.302 e. The molecule has 62 valence electrons. The van der Waals surface area contributed by atoms with E-state index < -0.39 is 0 Å². The Kier molecular flexibility index (Phi) is 2.83. The first kappa shape index (κ1) is 8.47. The second-order valence-electron chi connectivity index (χ2n) is 3.18. The van der Waals surface area contributed by atoms with Gasteiger partial charge in [-0.3, -0.25) is 4.99 Å². The summed E-state index contributed by atoms with van der Waals surface area (Å²) in [5, 5.41) is 0. The van der Waals surface area contributed by atoms with Crippen LogP contribution in [0.3, 0.4) is 0 Å². The molecule has 0 aliphatic carbocycles. The molecule has 0 aromatic rings. The molecule has 1 rings (SSSR count). The topological polar surface area (TPSA) is 15.6 Å². The number of aliphatic imine (C=N–C) groups is 1. The van der Waals surface area contributed by atoms with Gasteiger partial charge in [-0.1, -0.05) is 5.57 Å². The SMILES string of the molecule is C/N=C\C1=C(C)CCN(C)C1. The van der Waals surface area contributed by atoms with Gasteiger partial charge < -0.3 is 4.90 Å². The van der Waals surface area contributed by atoms with Crippen LogP contribution in [0.1, 0.15) is 13.3 Å². The van der Waals surface area contributed by atoms with Gasteiger partial charge in [-0.2, -0.15) is 0 Å². The molecule has 1 aliphatic heterocycles. The van der Waals surface area contributed by atoms with Gasteiger partial charge in [0.15, 0.2) is 0 Å². The molecule has 0 fully saturated rings. The Morgan fingerprint density at radius 2 is 2.27 bits per heavy atom. The summed E-state index contributed by atoms with van der Waals surface area (Å²) < 4.78 is 0. The summed E-state index contributed by atoms with van der Waals surface area (Å²) in [5.41, 5.74) is 2.88. The maximum atomic E-state index is 4.03. The van der Waals surface area contributed by atoms with E-state index >= 15 is 0 Å². The molecule has 0 saturated carbocycles. The molecule has 1 heterocycles. The van der Waals surface area contributed by atoms with Gasteiger partial charge in [-0.05, 0) is 26.0 Å². The fourth-order valence-electron chi connectivity index (χ4n) is 1.33. The third kappa shape index (κ3) is 2.15. The summed E-state index contributed by atoms with van der Waals surface area (Å²) in [4.78, 5) is 6.36. The second-order valence-corrected chi connectivity index (χ2v) is 3.18. The van der Waals surface area contributed by atoms with Crippen LogP contribution < -0.4 is 0 Å². The van der Waals surface area contributed by atoms with Crippen molar-refractivity contribution >= 4 is 6.21 Å². The van der Waals surface area contributed by atoms with Crippen LogP contribution in [-0.4, -0.2) is 38.3 Å². The van der Waals surface area contributed by atoms with Crippen LogP contribution in [0.5, 0.6) is 0 Å². The molecular weight excluding hydrogens is 136 g/mol. The molecule has 0 saturated heterocycles. The minimum absolute atomic E-state index is 1.06. The van der Waals surface area contributed by atoms with Gasteiger partial charge >= 0.3 is 0 Å². The number of hydrogen-bond acceptors (Lipinski definition) is 2. The van der Waals surface area contributed by atoms with Gasteiger partial charge in [0, 0.05) is 26.4 Å². The van der Waals surface area contributed by atoms with Crippen LogP contribution in [0.25, 0.3) is 0 Å². The van der Waals surface area contributed by atoms with E-state index in [0.717, 1.165) is 6.54 Å². The van der Waals surface area contributed by atoms with Gasteiger partial charge in [0.05, 0.1) is 0 Å². The average molecular weight is 152 g/mol. The zero-order valence-electron chi connectivity index (χ0n) is 7.59. The van der Waals surface area contributed by atoms with Crippen LogP contribution in [0.15, 0.2) is 16.1 Å². The molecule has 0 unspecified atom stereocenters. The summed E-state index contributed by atoms with van der Waals surface area (Å²) in [7, 11) is 3.98. The van der Waals surface area contributed by atoms with Crippen LogP contribution >= 0.6 is 0 Å². The van der Waals surface area contributed by atoms with E-state index in [2.05, 4.69) is 23.9 Å². The van der Waals surface area contributed by atoms with Crippen molar-refractivity contribution in [2.24, 2.45) is 4.99 Å². The summed E-state index contributed by atoms with van der Waals surface area (Å²) in [5.74, 6) is 0. The summed E-state index contributed by atoms with van der Waals surface area (Å²) >= 11 is 0. The fourth-order valence-corrected chi connectivity index (χ4v) is 1.33.